The van der Waals surface area contributed by atoms with Gasteiger partial charge in [-0.2, -0.15) is 36.6 Å². The molecule has 0 spiro atoms. The van der Waals surface area contributed by atoms with E-state index in [1.807, 2.05) is 0 Å². The molecule has 0 fully saturated rings. The first-order chi connectivity index (χ1) is 9.99. The minimum atomic E-state index is -6.72. The fourth-order valence-electron chi connectivity index (χ4n) is 1.55. The van der Waals surface area contributed by atoms with E-state index in [0.717, 1.165) is 13.2 Å². The van der Waals surface area contributed by atoms with Crippen molar-refractivity contribution in [3.8, 4) is 0 Å². The zero-order valence-corrected chi connectivity index (χ0v) is 14.9. The van der Waals surface area contributed by atoms with Crippen LogP contribution < -0.4 is 0 Å². The molecule has 0 heterocycles. The quantitative estimate of drug-likeness (QED) is 0.601. The Kier molecular flexibility index (Phi) is 6.89. The lowest BCUT2D eigenvalue weighted by molar-refractivity contribution is -0.0505. The van der Waals surface area contributed by atoms with E-state index in [2.05, 4.69) is 0 Å². The highest BCUT2D eigenvalue weighted by Crippen LogP contribution is 2.56. The number of hydrogen-bond acceptors (Lipinski definition) is 4. The van der Waals surface area contributed by atoms with E-state index in [-0.39, 0.29) is 6.42 Å². The molecule has 1 unspecified atom stereocenters. The first kappa shape index (κ1) is 22.8. The molecule has 0 saturated heterocycles. The maximum atomic E-state index is 12.7. The Bertz CT molecular complexity index is 568. The van der Waals surface area contributed by atoms with Crippen LogP contribution in [0.15, 0.2) is 0 Å². The number of rotatable bonds is 7. The molecule has 0 amide bonds. The second kappa shape index (κ2) is 6.96. The molecular formula is C9H17F6NO4S3. The summed E-state index contributed by atoms with van der Waals surface area (Å²) < 4.78 is 121. The molecule has 0 aliphatic rings. The van der Waals surface area contributed by atoms with E-state index < -0.39 is 55.9 Å². The Labute approximate surface area is 132 Å². The van der Waals surface area contributed by atoms with Gasteiger partial charge in [0.25, 0.3) is 0 Å². The number of nitrogens with zero attached hydrogens (tertiary/aromatic N) is 1. The molecule has 0 radical (unpaired) electrons. The summed E-state index contributed by atoms with van der Waals surface area (Å²) >= 11 is 0. The molecule has 14 heteroatoms. The van der Waals surface area contributed by atoms with E-state index in [4.69, 9.17) is 0 Å². The summed E-state index contributed by atoms with van der Waals surface area (Å²) in [5.41, 5.74) is -12.3. The second-order valence-corrected chi connectivity index (χ2v) is 12.7. The second-order valence-electron chi connectivity index (χ2n) is 4.63. The lowest BCUT2D eigenvalue weighted by atomic mass is 10.4. The summed E-state index contributed by atoms with van der Waals surface area (Å²) in [5.74, 6) is -0.873. The molecule has 0 aromatic carbocycles. The highest BCUT2D eigenvalue weighted by atomic mass is 32.4. The van der Waals surface area contributed by atoms with Crippen molar-refractivity contribution in [2.75, 3.05) is 17.8 Å². The highest BCUT2D eigenvalue weighted by molar-refractivity contribution is 8.40. The maximum Gasteiger partial charge on any atom is 0.513 e. The van der Waals surface area contributed by atoms with Crippen molar-refractivity contribution in [2.24, 2.45) is 0 Å². The fraction of sp³-hybridized carbons (Fsp3) is 1.00. The smallest absolute Gasteiger partial charge is 0.201 e. The molecule has 0 rings (SSSR count). The van der Waals surface area contributed by atoms with Crippen LogP contribution in [0.1, 0.15) is 26.7 Å². The lowest BCUT2D eigenvalue weighted by Crippen LogP contribution is -2.51. The Morgan fingerprint density at radius 2 is 1.17 bits per heavy atom. The van der Waals surface area contributed by atoms with Crippen LogP contribution in [0.3, 0.4) is 0 Å². The molecule has 0 aromatic heterocycles. The number of hydrogen-bond donors (Lipinski definition) is 0. The Balaban J connectivity index is 6.59. The fourth-order valence-corrected chi connectivity index (χ4v) is 10.4. The van der Waals surface area contributed by atoms with E-state index in [9.17, 15) is 43.2 Å². The predicted molar refractivity (Wildman–Crippen MR) is 75.6 cm³/mol. The Morgan fingerprint density at radius 1 is 0.826 bits per heavy atom. The van der Waals surface area contributed by atoms with Gasteiger partial charge in [0, 0.05) is 0 Å². The number of alkyl halides is 6. The van der Waals surface area contributed by atoms with Gasteiger partial charge in [0.05, 0.1) is 0 Å². The van der Waals surface area contributed by atoms with Crippen molar-refractivity contribution < 1.29 is 43.2 Å². The van der Waals surface area contributed by atoms with Crippen LogP contribution in [0.2, 0.25) is 0 Å². The molecule has 5 nitrogen and oxygen atoms in total. The van der Waals surface area contributed by atoms with Crippen LogP contribution in [0.4, 0.5) is 26.3 Å². The molecule has 0 saturated carbocycles. The Morgan fingerprint density at radius 3 is 1.39 bits per heavy atom. The minimum absolute atomic E-state index is 0.0803. The van der Waals surface area contributed by atoms with Crippen molar-refractivity contribution in [3.63, 3.8) is 0 Å². The van der Waals surface area contributed by atoms with Crippen LogP contribution in [-0.2, 0) is 20.0 Å². The van der Waals surface area contributed by atoms with Crippen molar-refractivity contribution in [2.45, 2.75) is 37.7 Å². The average molecular weight is 413 g/mol. The summed E-state index contributed by atoms with van der Waals surface area (Å²) in [5, 5.41) is 0. The van der Waals surface area contributed by atoms with Gasteiger partial charge in [0.1, 0.15) is 0 Å². The number of halogens is 6. The zero-order chi connectivity index (χ0) is 18.9. The minimum Gasteiger partial charge on any atom is -0.201 e. The third-order valence-corrected chi connectivity index (χ3v) is 12.5. The number of sulfonamides is 2. The molecule has 142 valence electrons. The van der Waals surface area contributed by atoms with Crippen molar-refractivity contribution >= 4 is 30.3 Å². The summed E-state index contributed by atoms with van der Waals surface area (Å²) in [6, 6.07) is 0. The van der Waals surface area contributed by atoms with Gasteiger partial charge >= 0.3 is 31.1 Å². The van der Waals surface area contributed by atoms with Gasteiger partial charge in [0.2, 0.25) is 0 Å². The van der Waals surface area contributed by atoms with Gasteiger partial charge in [-0.05, 0) is 27.3 Å². The summed E-state index contributed by atoms with van der Waals surface area (Å²) in [6.45, 7) is 2.73. The molecule has 0 aliphatic carbocycles. The van der Waals surface area contributed by atoms with Crippen LogP contribution in [0.5, 0.6) is 0 Å². The molecule has 0 N–H and O–H groups in total. The molecule has 0 aliphatic heterocycles. The molecule has 0 aromatic rings. The van der Waals surface area contributed by atoms with Gasteiger partial charge in [-0.25, -0.2) is 16.8 Å². The van der Waals surface area contributed by atoms with Crippen LogP contribution in [-0.4, -0.2) is 48.7 Å². The first-order valence-electron chi connectivity index (χ1n) is 6.16. The van der Waals surface area contributed by atoms with Gasteiger partial charge in [-0.3, -0.25) is 0 Å². The first-order valence-corrected chi connectivity index (χ1v) is 11.4. The van der Waals surface area contributed by atoms with Gasteiger partial charge in [0.15, 0.2) is 0 Å². The lowest BCUT2D eigenvalue weighted by Gasteiger charge is -2.43. The van der Waals surface area contributed by atoms with Crippen LogP contribution >= 0.6 is 10.2 Å². The topological polar surface area (TPSA) is 71.5 Å². The van der Waals surface area contributed by atoms with Crippen molar-refractivity contribution in [1.82, 2.24) is 3.12 Å². The van der Waals surface area contributed by atoms with Crippen molar-refractivity contribution in [3.05, 3.63) is 0 Å². The molecular weight excluding hydrogens is 396 g/mol. The summed E-state index contributed by atoms with van der Waals surface area (Å²) in [4.78, 5) is 0. The monoisotopic (exact) mass is 413 g/mol. The predicted octanol–water partition coefficient (Wildman–Crippen LogP) is 3.16. The van der Waals surface area contributed by atoms with E-state index in [1.165, 1.54) is 0 Å². The normalized spacial score (nSPS) is 18.7. The SMILES string of the molecule is CCCCS(C)(CC)N(S(=O)(=O)C(F)(F)F)S(=O)(=O)C(F)(F)F. The summed E-state index contributed by atoms with van der Waals surface area (Å²) in [6.07, 6.45) is 1.25. The van der Waals surface area contributed by atoms with E-state index in [1.54, 1.807) is 6.92 Å². The number of unbranched alkanes of at least 4 members (excludes halogenated alkanes) is 1. The van der Waals surface area contributed by atoms with Gasteiger partial charge in [-0.1, -0.05) is 20.3 Å². The van der Waals surface area contributed by atoms with E-state index >= 15 is 0 Å². The van der Waals surface area contributed by atoms with Gasteiger partial charge in [-0.15, -0.1) is 0 Å². The van der Waals surface area contributed by atoms with E-state index in [0.29, 0.717) is 6.42 Å². The molecule has 0 bridgehead atoms. The Hall–Kier alpha value is -0.210. The standard InChI is InChI=1S/C9H17F6NO4S3/c1-4-6-7-21(3,5-2)16(22(17,18)8(10,11)12)23(19,20)9(13,14)15/h4-7H2,1-3H3. The van der Waals surface area contributed by atoms with Crippen molar-refractivity contribution in [1.29, 1.82) is 0 Å². The third kappa shape index (κ3) is 4.45. The van der Waals surface area contributed by atoms with Gasteiger partial charge < -0.3 is 0 Å². The summed E-state index contributed by atoms with van der Waals surface area (Å²) in [7, 11) is -16.9. The largest absolute Gasteiger partial charge is 0.513 e. The van der Waals surface area contributed by atoms with Crippen LogP contribution in [0, 0.1) is 0 Å². The maximum absolute atomic E-state index is 12.7. The average Bonchev–Trinajstić information content (AvgIpc) is 2.33. The molecule has 23 heavy (non-hydrogen) atoms. The van der Waals surface area contributed by atoms with Crippen LogP contribution in [0.25, 0.3) is 0 Å². The third-order valence-electron chi connectivity index (χ3n) is 2.90. The molecule has 1 atom stereocenters. The zero-order valence-electron chi connectivity index (χ0n) is 12.4. The highest BCUT2D eigenvalue weighted by Gasteiger charge is 2.65.